The molecule has 0 aromatic heterocycles. The third kappa shape index (κ3) is 1.42. The van der Waals surface area contributed by atoms with Crippen molar-refractivity contribution in [2.45, 2.75) is 13.8 Å². The fourth-order valence-corrected chi connectivity index (χ4v) is 1.28. The Balaban J connectivity index is 3.30. The molecule has 2 nitrogen and oxygen atoms in total. The highest BCUT2D eigenvalue weighted by Crippen LogP contribution is 2.12. The molecule has 12 heavy (non-hydrogen) atoms. The molecule has 1 aromatic carbocycles. The summed E-state index contributed by atoms with van der Waals surface area (Å²) in [5, 5.41) is 6.86. The van der Waals surface area contributed by atoms with Crippen LogP contribution in [0.3, 0.4) is 0 Å². The third-order valence-corrected chi connectivity index (χ3v) is 1.86. The van der Waals surface area contributed by atoms with E-state index in [1.807, 2.05) is 32.0 Å². The summed E-state index contributed by atoms with van der Waals surface area (Å²) in [7, 11) is 0. The maximum Gasteiger partial charge on any atom is 0.203 e. The molecule has 0 bridgehead atoms. The number of benzene rings is 1. The molecule has 0 unspecified atom stereocenters. The maximum atomic E-state index is 11.2. The van der Waals surface area contributed by atoms with Crippen molar-refractivity contribution >= 4 is 12.0 Å². The summed E-state index contributed by atoms with van der Waals surface area (Å²) in [6.45, 7) is 3.76. The summed E-state index contributed by atoms with van der Waals surface area (Å²) in [6.07, 6.45) is 0.856. The molecule has 0 atom stereocenters. The minimum Gasteiger partial charge on any atom is -0.305 e. The molecule has 0 aliphatic heterocycles. The second kappa shape index (κ2) is 3.30. The van der Waals surface area contributed by atoms with Gasteiger partial charge in [0.25, 0.3) is 0 Å². The van der Waals surface area contributed by atoms with Gasteiger partial charge in [-0.2, -0.15) is 0 Å². The fourth-order valence-electron chi connectivity index (χ4n) is 1.28. The van der Waals surface area contributed by atoms with Gasteiger partial charge in [0.1, 0.15) is 0 Å². The van der Waals surface area contributed by atoms with E-state index in [1.165, 1.54) is 0 Å². The Hall–Kier alpha value is -1.44. The Morgan fingerprint density at radius 3 is 2.25 bits per heavy atom. The maximum absolute atomic E-state index is 11.2. The zero-order chi connectivity index (χ0) is 9.14. The zero-order valence-corrected chi connectivity index (χ0v) is 7.22. The van der Waals surface area contributed by atoms with E-state index in [-0.39, 0.29) is 5.78 Å². The van der Waals surface area contributed by atoms with Crippen LogP contribution in [-0.4, -0.2) is 12.0 Å². The predicted molar refractivity (Wildman–Crippen MR) is 49.0 cm³/mol. The Bertz CT molecular complexity index is 308. The zero-order valence-electron chi connectivity index (χ0n) is 7.22. The molecule has 0 amide bonds. The monoisotopic (exact) mass is 161 g/mol. The second-order valence-electron chi connectivity index (χ2n) is 2.78. The summed E-state index contributed by atoms with van der Waals surface area (Å²) in [5.41, 5.74) is 2.53. The van der Waals surface area contributed by atoms with Crippen molar-refractivity contribution in [3.63, 3.8) is 0 Å². The first-order chi connectivity index (χ1) is 5.66. The first-order valence-corrected chi connectivity index (χ1v) is 3.78. The van der Waals surface area contributed by atoms with E-state index in [9.17, 15) is 4.79 Å². The lowest BCUT2D eigenvalue weighted by Crippen LogP contribution is -2.04. The van der Waals surface area contributed by atoms with E-state index in [0.29, 0.717) is 5.56 Å². The van der Waals surface area contributed by atoms with E-state index in [1.54, 1.807) is 0 Å². The van der Waals surface area contributed by atoms with Gasteiger partial charge in [-0.1, -0.05) is 18.2 Å². The lowest BCUT2D eigenvalue weighted by Gasteiger charge is -2.04. The highest BCUT2D eigenvalue weighted by Gasteiger charge is 2.07. The van der Waals surface area contributed by atoms with Crippen molar-refractivity contribution in [2.24, 2.45) is 0 Å². The summed E-state index contributed by atoms with van der Waals surface area (Å²) in [5.74, 6) is -0.217. The Labute approximate surface area is 71.7 Å². The predicted octanol–water partition coefficient (Wildman–Crippen LogP) is 2.14. The van der Waals surface area contributed by atoms with Crippen LogP contribution in [0.5, 0.6) is 0 Å². The van der Waals surface area contributed by atoms with E-state index in [4.69, 9.17) is 5.41 Å². The second-order valence-corrected chi connectivity index (χ2v) is 2.78. The van der Waals surface area contributed by atoms with Gasteiger partial charge in [0, 0.05) is 5.56 Å². The van der Waals surface area contributed by atoms with Crippen molar-refractivity contribution in [1.29, 1.82) is 5.41 Å². The molecular weight excluding hydrogens is 150 g/mol. The molecule has 1 N–H and O–H groups in total. The van der Waals surface area contributed by atoms with Crippen molar-refractivity contribution in [1.82, 2.24) is 0 Å². The molecule has 0 heterocycles. The minimum absolute atomic E-state index is 0.217. The number of nitrogens with one attached hydrogen (secondary N) is 1. The van der Waals surface area contributed by atoms with Crippen LogP contribution in [0.15, 0.2) is 18.2 Å². The van der Waals surface area contributed by atoms with Crippen LogP contribution in [0.4, 0.5) is 0 Å². The van der Waals surface area contributed by atoms with Gasteiger partial charge in [0.2, 0.25) is 5.78 Å². The number of carbonyl (C=O) groups is 1. The Kier molecular flexibility index (Phi) is 2.38. The van der Waals surface area contributed by atoms with Gasteiger partial charge in [0.15, 0.2) is 0 Å². The van der Waals surface area contributed by atoms with Crippen LogP contribution in [-0.2, 0) is 0 Å². The number of Topliss-reactive ketones (excluding diaryl/α,β-unsaturated/α-hetero) is 1. The smallest absolute Gasteiger partial charge is 0.203 e. The summed E-state index contributed by atoms with van der Waals surface area (Å²) >= 11 is 0. The van der Waals surface area contributed by atoms with E-state index < -0.39 is 0 Å². The number of carbonyl (C=O) groups excluding carboxylic acids is 1. The average Bonchev–Trinajstić information content (AvgIpc) is 2.03. The summed E-state index contributed by atoms with van der Waals surface area (Å²) in [4.78, 5) is 11.2. The van der Waals surface area contributed by atoms with Gasteiger partial charge < -0.3 is 5.41 Å². The molecule has 0 radical (unpaired) electrons. The Morgan fingerprint density at radius 1 is 1.33 bits per heavy atom. The van der Waals surface area contributed by atoms with Gasteiger partial charge in [-0.05, 0) is 25.0 Å². The molecule has 1 rings (SSSR count). The van der Waals surface area contributed by atoms with Crippen LogP contribution in [0.25, 0.3) is 0 Å². The van der Waals surface area contributed by atoms with E-state index >= 15 is 0 Å². The minimum atomic E-state index is -0.217. The standard InChI is InChI=1S/C10H11NO/c1-7-4-3-5-8(2)10(7)9(12)6-11/h3-6,11H,1-2H3. The summed E-state index contributed by atoms with van der Waals surface area (Å²) in [6, 6.07) is 5.67. The molecule has 0 saturated carbocycles. The highest BCUT2D eigenvalue weighted by atomic mass is 16.1. The average molecular weight is 161 g/mol. The molecule has 1 aromatic rings. The highest BCUT2D eigenvalue weighted by molar-refractivity contribution is 6.35. The van der Waals surface area contributed by atoms with E-state index in [2.05, 4.69) is 0 Å². The van der Waals surface area contributed by atoms with Crippen molar-refractivity contribution in [2.75, 3.05) is 0 Å². The third-order valence-electron chi connectivity index (χ3n) is 1.86. The van der Waals surface area contributed by atoms with Crippen LogP contribution in [0, 0.1) is 19.3 Å². The number of rotatable bonds is 2. The van der Waals surface area contributed by atoms with Crippen molar-refractivity contribution in [3.05, 3.63) is 34.9 Å². The topological polar surface area (TPSA) is 40.9 Å². The fraction of sp³-hybridized carbons (Fsp3) is 0.200. The summed E-state index contributed by atoms with van der Waals surface area (Å²) < 4.78 is 0. The SMILES string of the molecule is Cc1cccc(C)c1C(=O)C=N. The van der Waals surface area contributed by atoms with Gasteiger partial charge in [-0.25, -0.2) is 0 Å². The first kappa shape index (κ1) is 8.65. The lowest BCUT2D eigenvalue weighted by atomic mass is 10.00. The van der Waals surface area contributed by atoms with Crippen molar-refractivity contribution < 1.29 is 4.79 Å². The molecule has 0 spiro atoms. The molecule has 0 aliphatic rings. The van der Waals surface area contributed by atoms with Crippen LogP contribution < -0.4 is 0 Å². The number of hydrogen-bond acceptors (Lipinski definition) is 2. The largest absolute Gasteiger partial charge is 0.305 e. The number of ketones is 1. The molecule has 62 valence electrons. The van der Waals surface area contributed by atoms with Gasteiger partial charge in [-0.15, -0.1) is 0 Å². The van der Waals surface area contributed by atoms with Crippen LogP contribution in [0.1, 0.15) is 21.5 Å². The van der Waals surface area contributed by atoms with E-state index in [0.717, 1.165) is 17.3 Å². The van der Waals surface area contributed by atoms with Crippen LogP contribution in [0.2, 0.25) is 0 Å². The van der Waals surface area contributed by atoms with Crippen LogP contribution >= 0.6 is 0 Å². The quantitative estimate of drug-likeness (QED) is 0.524. The van der Waals surface area contributed by atoms with Gasteiger partial charge in [-0.3, -0.25) is 4.79 Å². The van der Waals surface area contributed by atoms with Gasteiger partial charge >= 0.3 is 0 Å². The molecule has 0 fully saturated rings. The normalized spacial score (nSPS) is 9.50. The first-order valence-electron chi connectivity index (χ1n) is 3.78. The number of aryl methyl sites for hydroxylation is 2. The van der Waals surface area contributed by atoms with Gasteiger partial charge in [0.05, 0.1) is 6.21 Å². The number of hydrogen-bond donors (Lipinski definition) is 1. The molecule has 0 saturated heterocycles. The lowest BCUT2D eigenvalue weighted by molar-refractivity contribution is 0.106. The molecule has 0 aliphatic carbocycles. The molecule has 2 heteroatoms. The Morgan fingerprint density at radius 2 is 1.83 bits per heavy atom. The van der Waals surface area contributed by atoms with Crippen molar-refractivity contribution in [3.8, 4) is 0 Å². The molecular formula is C10H11NO.